The third kappa shape index (κ3) is 5.83. The molecule has 0 amide bonds. The van der Waals surface area contributed by atoms with E-state index in [9.17, 15) is 0 Å². The van der Waals surface area contributed by atoms with Crippen LogP contribution in [0.15, 0.2) is 11.6 Å². The predicted molar refractivity (Wildman–Crippen MR) is 47.1 cm³/mol. The van der Waals surface area contributed by atoms with E-state index in [0.717, 1.165) is 12.5 Å². The van der Waals surface area contributed by atoms with Crippen molar-refractivity contribution in [2.24, 2.45) is 5.92 Å². The Kier molecular flexibility index (Phi) is 5.32. The molecule has 0 aromatic carbocycles. The fourth-order valence-electron chi connectivity index (χ4n) is 1.02. The van der Waals surface area contributed by atoms with Crippen molar-refractivity contribution < 1.29 is 0 Å². The fourth-order valence-corrected chi connectivity index (χ4v) is 1.02. The Hall–Kier alpha value is -0.300. The lowest BCUT2D eigenvalue weighted by atomic mass is 10.1. The van der Waals surface area contributed by atoms with Gasteiger partial charge in [-0.2, -0.15) is 0 Å². The molecule has 1 heteroatoms. The maximum absolute atomic E-state index is 3.14. The highest BCUT2D eigenvalue weighted by Gasteiger charge is 1.94. The molecule has 1 atom stereocenters. The molecule has 0 heterocycles. The van der Waals surface area contributed by atoms with Crippen LogP contribution in [0.4, 0.5) is 0 Å². The smallest absolute Gasteiger partial charge is 0.00464 e. The first-order chi connectivity index (χ1) is 4.66. The molecule has 0 bridgehead atoms. The SMILES string of the molecule is CNCCC(C)C=C(C)C. The second-order valence-electron chi connectivity index (χ2n) is 3.11. The van der Waals surface area contributed by atoms with Gasteiger partial charge >= 0.3 is 0 Å². The van der Waals surface area contributed by atoms with Gasteiger partial charge in [0.15, 0.2) is 0 Å². The van der Waals surface area contributed by atoms with Crippen molar-refractivity contribution >= 4 is 0 Å². The Bertz CT molecular complexity index is 101. The third-order valence-corrected chi connectivity index (χ3v) is 1.47. The number of hydrogen-bond acceptors (Lipinski definition) is 1. The highest BCUT2D eigenvalue weighted by Crippen LogP contribution is 2.05. The van der Waals surface area contributed by atoms with Gasteiger partial charge in [-0.05, 0) is 39.8 Å². The zero-order chi connectivity index (χ0) is 7.98. The summed E-state index contributed by atoms with van der Waals surface area (Å²) >= 11 is 0. The van der Waals surface area contributed by atoms with E-state index < -0.39 is 0 Å². The lowest BCUT2D eigenvalue weighted by Gasteiger charge is -2.05. The third-order valence-electron chi connectivity index (χ3n) is 1.47. The quantitative estimate of drug-likeness (QED) is 0.592. The van der Waals surface area contributed by atoms with Crippen LogP contribution in [0, 0.1) is 5.92 Å². The zero-order valence-electron chi connectivity index (χ0n) is 7.57. The number of allylic oxidation sites excluding steroid dienone is 2. The Morgan fingerprint density at radius 2 is 2.10 bits per heavy atom. The molecule has 0 fully saturated rings. The van der Waals surface area contributed by atoms with Gasteiger partial charge in [0, 0.05) is 0 Å². The predicted octanol–water partition coefficient (Wildman–Crippen LogP) is 2.20. The summed E-state index contributed by atoms with van der Waals surface area (Å²) in [5.41, 5.74) is 1.42. The molecule has 0 saturated heterocycles. The molecule has 1 unspecified atom stereocenters. The summed E-state index contributed by atoms with van der Waals surface area (Å²) in [6, 6.07) is 0. The summed E-state index contributed by atoms with van der Waals surface area (Å²) in [5, 5.41) is 3.14. The Labute approximate surface area is 64.5 Å². The molecule has 1 N–H and O–H groups in total. The molecule has 0 aliphatic heterocycles. The molecule has 0 spiro atoms. The number of rotatable bonds is 4. The topological polar surface area (TPSA) is 12.0 Å². The first kappa shape index (κ1) is 9.70. The van der Waals surface area contributed by atoms with Gasteiger partial charge < -0.3 is 5.32 Å². The van der Waals surface area contributed by atoms with Crippen LogP contribution < -0.4 is 5.32 Å². The van der Waals surface area contributed by atoms with Crippen LogP contribution in [0.5, 0.6) is 0 Å². The number of hydrogen-bond donors (Lipinski definition) is 1. The average molecular weight is 141 g/mol. The van der Waals surface area contributed by atoms with Crippen LogP contribution >= 0.6 is 0 Å². The zero-order valence-corrected chi connectivity index (χ0v) is 7.57. The molecule has 0 aromatic rings. The molecule has 0 aliphatic carbocycles. The van der Waals surface area contributed by atoms with Gasteiger partial charge in [0.05, 0.1) is 0 Å². The fraction of sp³-hybridized carbons (Fsp3) is 0.778. The normalized spacial score (nSPS) is 12.8. The van der Waals surface area contributed by atoms with Crippen LogP contribution in [0.1, 0.15) is 27.2 Å². The van der Waals surface area contributed by atoms with E-state index >= 15 is 0 Å². The van der Waals surface area contributed by atoms with Crippen molar-refractivity contribution in [2.75, 3.05) is 13.6 Å². The van der Waals surface area contributed by atoms with Crippen molar-refractivity contribution in [3.63, 3.8) is 0 Å². The monoisotopic (exact) mass is 141 g/mol. The van der Waals surface area contributed by atoms with Gasteiger partial charge in [0.25, 0.3) is 0 Å². The van der Waals surface area contributed by atoms with E-state index in [1.54, 1.807) is 0 Å². The summed E-state index contributed by atoms with van der Waals surface area (Å²) in [6.07, 6.45) is 3.55. The average Bonchev–Trinajstić information content (AvgIpc) is 1.82. The Balaban J connectivity index is 3.43. The lowest BCUT2D eigenvalue weighted by molar-refractivity contribution is 0.608. The van der Waals surface area contributed by atoms with Gasteiger partial charge in [0.1, 0.15) is 0 Å². The maximum atomic E-state index is 3.14. The molecule has 0 saturated carbocycles. The standard InChI is InChI=1S/C9H19N/c1-8(2)7-9(3)5-6-10-4/h7,9-10H,5-6H2,1-4H3. The van der Waals surface area contributed by atoms with Gasteiger partial charge in [0.2, 0.25) is 0 Å². The van der Waals surface area contributed by atoms with Crippen molar-refractivity contribution in [3.05, 3.63) is 11.6 Å². The molecule has 1 nitrogen and oxygen atoms in total. The maximum Gasteiger partial charge on any atom is -0.00464 e. The number of nitrogens with one attached hydrogen (secondary N) is 1. The molecule has 60 valence electrons. The Morgan fingerprint density at radius 3 is 2.50 bits per heavy atom. The van der Waals surface area contributed by atoms with Crippen LogP contribution in [-0.2, 0) is 0 Å². The van der Waals surface area contributed by atoms with Crippen molar-refractivity contribution in [1.82, 2.24) is 5.32 Å². The van der Waals surface area contributed by atoms with Gasteiger partial charge in [-0.15, -0.1) is 0 Å². The van der Waals surface area contributed by atoms with E-state index in [0.29, 0.717) is 0 Å². The molecule has 0 radical (unpaired) electrons. The summed E-state index contributed by atoms with van der Waals surface area (Å²) in [7, 11) is 2.00. The largest absolute Gasteiger partial charge is 0.320 e. The van der Waals surface area contributed by atoms with Crippen molar-refractivity contribution in [3.8, 4) is 0 Å². The summed E-state index contributed by atoms with van der Waals surface area (Å²) < 4.78 is 0. The second-order valence-corrected chi connectivity index (χ2v) is 3.11. The molecule has 0 rings (SSSR count). The van der Waals surface area contributed by atoms with Crippen molar-refractivity contribution in [1.29, 1.82) is 0 Å². The van der Waals surface area contributed by atoms with Crippen LogP contribution in [0.2, 0.25) is 0 Å². The van der Waals surface area contributed by atoms with Gasteiger partial charge in [-0.25, -0.2) is 0 Å². The highest BCUT2D eigenvalue weighted by molar-refractivity contribution is 4.95. The molecule has 0 aliphatic rings. The highest BCUT2D eigenvalue weighted by atomic mass is 14.8. The van der Waals surface area contributed by atoms with Crippen LogP contribution in [0.3, 0.4) is 0 Å². The first-order valence-electron chi connectivity index (χ1n) is 3.96. The first-order valence-corrected chi connectivity index (χ1v) is 3.96. The summed E-state index contributed by atoms with van der Waals surface area (Å²) in [6.45, 7) is 7.67. The molecule has 10 heavy (non-hydrogen) atoms. The molecular weight excluding hydrogens is 122 g/mol. The molecule has 0 aromatic heterocycles. The van der Waals surface area contributed by atoms with Gasteiger partial charge in [-0.3, -0.25) is 0 Å². The Morgan fingerprint density at radius 1 is 1.50 bits per heavy atom. The summed E-state index contributed by atoms with van der Waals surface area (Å²) in [5.74, 6) is 0.720. The minimum absolute atomic E-state index is 0.720. The van der Waals surface area contributed by atoms with E-state index in [1.807, 2.05) is 7.05 Å². The van der Waals surface area contributed by atoms with Gasteiger partial charge in [-0.1, -0.05) is 18.6 Å². The minimum Gasteiger partial charge on any atom is -0.320 e. The van der Waals surface area contributed by atoms with E-state index in [1.165, 1.54) is 12.0 Å². The van der Waals surface area contributed by atoms with Crippen LogP contribution in [-0.4, -0.2) is 13.6 Å². The van der Waals surface area contributed by atoms with E-state index in [4.69, 9.17) is 0 Å². The molecular formula is C9H19N. The minimum atomic E-state index is 0.720. The van der Waals surface area contributed by atoms with Crippen molar-refractivity contribution in [2.45, 2.75) is 27.2 Å². The van der Waals surface area contributed by atoms with E-state index in [-0.39, 0.29) is 0 Å². The van der Waals surface area contributed by atoms with E-state index in [2.05, 4.69) is 32.2 Å². The second kappa shape index (κ2) is 5.48. The lowest BCUT2D eigenvalue weighted by Crippen LogP contribution is -2.10. The summed E-state index contributed by atoms with van der Waals surface area (Å²) in [4.78, 5) is 0. The van der Waals surface area contributed by atoms with Crippen LogP contribution in [0.25, 0.3) is 0 Å².